The van der Waals surface area contributed by atoms with E-state index in [0.717, 1.165) is 36.2 Å². The number of rotatable bonds is 6. The van der Waals surface area contributed by atoms with Gasteiger partial charge in [-0.2, -0.15) is 0 Å². The van der Waals surface area contributed by atoms with Gasteiger partial charge in [0.25, 0.3) is 0 Å². The van der Waals surface area contributed by atoms with Gasteiger partial charge < -0.3 is 10.1 Å². The Labute approximate surface area is 127 Å². The van der Waals surface area contributed by atoms with E-state index in [9.17, 15) is 0 Å². The van der Waals surface area contributed by atoms with Gasteiger partial charge in [-0.3, -0.25) is 0 Å². The molecule has 3 heteroatoms. The summed E-state index contributed by atoms with van der Waals surface area (Å²) in [5.41, 5.74) is 1.21. The minimum absolute atomic E-state index is 0.339. The van der Waals surface area contributed by atoms with Crippen molar-refractivity contribution >= 4 is 11.6 Å². The van der Waals surface area contributed by atoms with Crippen LogP contribution in [0.25, 0.3) is 0 Å². The van der Waals surface area contributed by atoms with E-state index in [4.69, 9.17) is 16.3 Å². The Bertz CT molecular complexity index is 421. The second-order valence-electron chi connectivity index (χ2n) is 5.73. The average Bonchev–Trinajstić information content (AvgIpc) is 2.48. The number of hydrogen-bond donors (Lipinski definition) is 1. The lowest BCUT2D eigenvalue weighted by atomic mass is 9.85. The van der Waals surface area contributed by atoms with Gasteiger partial charge in [-0.1, -0.05) is 44.4 Å². The summed E-state index contributed by atoms with van der Waals surface area (Å²) >= 11 is 6.35. The summed E-state index contributed by atoms with van der Waals surface area (Å²) in [7, 11) is 0. The quantitative estimate of drug-likeness (QED) is 0.814. The van der Waals surface area contributed by atoms with Crippen molar-refractivity contribution in [3.8, 4) is 5.75 Å². The van der Waals surface area contributed by atoms with Crippen LogP contribution in [0.4, 0.5) is 0 Å². The van der Waals surface area contributed by atoms with Crippen molar-refractivity contribution in [1.29, 1.82) is 0 Å². The third-order valence-corrected chi connectivity index (χ3v) is 4.48. The van der Waals surface area contributed by atoms with E-state index in [-0.39, 0.29) is 0 Å². The molecule has 0 spiro atoms. The van der Waals surface area contributed by atoms with Crippen LogP contribution in [-0.2, 0) is 6.54 Å². The molecular formula is C17H26ClNO. The molecule has 1 aliphatic rings. The van der Waals surface area contributed by atoms with Gasteiger partial charge in [0, 0.05) is 6.54 Å². The van der Waals surface area contributed by atoms with E-state index in [0.29, 0.717) is 6.10 Å². The molecule has 1 aromatic carbocycles. The lowest BCUT2D eigenvalue weighted by molar-refractivity contribution is 0.122. The first-order valence-corrected chi connectivity index (χ1v) is 8.26. The molecule has 1 aliphatic carbocycles. The monoisotopic (exact) mass is 295 g/mol. The molecule has 0 heterocycles. The van der Waals surface area contributed by atoms with Crippen molar-refractivity contribution < 1.29 is 4.74 Å². The number of ether oxygens (including phenoxy) is 1. The highest BCUT2D eigenvalue weighted by atomic mass is 35.5. The number of benzene rings is 1. The Morgan fingerprint density at radius 3 is 2.85 bits per heavy atom. The zero-order chi connectivity index (χ0) is 14.4. The van der Waals surface area contributed by atoms with Crippen LogP contribution in [0, 0.1) is 5.92 Å². The first-order valence-electron chi connectivity index (χ1n) is 7.88. The summed E-state index contributed by atoms with van der Waals surface area (Å²) in [5, 5.41) is 4.04. The molecular weight excluding hydrogens is 270 g/mol. The van der Waals surface area contributed by atoms with Crippen molar-refractivity contribution in [2.45, 2.75) is 58.6 Å². The summed E-state index contributed by atoms with van der Waals surface area (Å²) in [5.74, 6) is 1.66. The Kier molecular flexibility index (Phi) is 6.18. The lowest BCUT2D eigenvalue weighted by Crippen LogP contribution is -2.25. The molecule has 1 fully saturated rings. The molecule has 2 nitrogen and oxygen atoms in total. The van der Waals surface area contributed by atoms with Crippen LogP contribution in [0.3, 0.4) is 0 Å². The highest BCUT2D eigenvalue weighted by Crippen LogP contribution is 2.32. The van der Waals surface area contributed by atoms with E-state index in [2.05, 4.69) is 25.2 Å². The number of halogens is 1. The van der Waals surface area contributed by atoms with E-state index >= 15 is 0 Å². The van der Waals surface area contributed by atoms with Gasteiger partial charge in [-0.05, 0) is 49.4 Å². The second-order valence-corrected chi connectivity index (χ2v) is 6.13. The molecule has 0 aliphatic heterocycles. The van der Waals surface area contributed by atoms with Crippen LogP contribution in [0.2, 0.25) is 5.02 Å². The number of hydrogen-bond acceptors (Lipinski definition) is 2. The predicted octanol–water partition coefficient (Wildman–Crippen LogP) is 4.80. The normalized spacial score (nSPS) is 22.8. The lowest BCUT2D eigenvalue weighted by Gasteiger charge is -2.29. The Morgan fingerprint density at radius 1 is 1.30 bits per heavy atom. The van der Waals surface area contributed by atoms with Crippen molar-refractivity contribution in [1.82, 2.24) is 5.32 Å². The molecule has 1 saturated carbocycles. The SMILES string of the molecule is CCNCc1ccc(OC2CCCC(CC)C2)c(Cl)c1. The van der Waals surface area contributed by atoms with Crippen molar-refractivity contribution in [3.63, 3.8) is 0 Å². The molecule has 1 aromatic rings. The van der Waals surface area contributed by atoms with Crippen LogP contribution in [0.1, 0.15) is 51.5 Å². The van der Waals surface area contributed by atoms with Crippen molar-refractivity contribution in [2.24, 2.45) is 5.92 Å². The summed E-state index contributed by atoms with van der Waals surface area (Å²) < 4.78 is 6.13. The van der Waals surface area contributed by atoms with Crippen LogP contribution in [0.15, 0.2) is 18.2 Å². The standard InChI is InChI=1S/C17H26ClNO/c1-3-13-6-5-7-15(10-13)20-17-9-8-14(11-16(17)18)12-19-4-2/h8-9,11,13,15,19H,3-7,10,12H2,1-2H3. The van der Waals surface area contributed by atoms with Gasteiger partial charge >= 0.3 is 0 Å². The van der Waals surface area contributed by atoms with Crippen LogP contribution in [0.5, 0.6) is 5.75 Å². The Balaban J connectivity index is 1.95. The topological polar surface area (TPSA) is 21.3 Å². The van der Waals surface area contributed by atoms with Crippen molar-refractivity contribution in [3.05, 3.63) is 28.8 Å². The fourth-order valence-electron chi connectivity index (χ4n) is 2.92. The van der Waals surface area contributed by atoms with Gasteiger partial charge in [-0.25, -0.2) is 0 Å². The predicted molar refractivity (Wildman–Crippen MR) is 85.5 cm³/mol. The zero-order valence-electron chi connectivity index (χ0n) is 12.6. The fourth-order valence-corrected chi connectivity index (χ4v) is 3.17. The average molecular weight is 296 g/mol. The molecule has 2 atom stereocenters. The molecule has 0 radical (unpaired) electrons. The first kappa shape index (κ1) is 15.7. The molecule has 2 unspecified atom stereocenters. The largest absolute Gasteiger partial charge is 0.489 e. The minimum atomic E-state index is 0.339. The minimum Gasteiger partial charge on any atom is -0.489 e. The summed E-state index contributed by atoms with van der Waals surface area (Å²) in [6, 6.07) is 6.13. The number of nitrogens with one attached hydrogen (secondary N) is 1. The maximum atomic E-state index is 6.35. The zero-order valence-corrected chi connectivity index (χ0v) is 13.4. The van der Waals surface area contributed by atoms with Crippen LogP contribution < -0.4 is 10.1 Å². The first-order chi connectivity index (χ1) is 9.72. The van der Waals surface area contributed by atoms with Crippen LogP contribution in [-0.4, -0.2) is 12.6 Å². The molecule has 0 aromatic heterocycles. The second kappa shape index (κ2) is 7.90. The molecule has 2 rings (SSSR count). The summed E-state index contributed by atoms with van der Waals surface area (Å²) in [4.78, 5) is 0. The summed E-state index contributed by atoms with van der Waals surface area (Å²) in [6.07, 6.45) is 6.56. The van der Waals surface area contributed by atoms with Crippen LogP contribution >= 0.6 is 11.6 Å². The maximum absolute atomic E-state index is 6.35. The third-order valence-electron chi connectivity index (χ3n) is 4.18. The van der Waals surface area contributed by atoms with Gasteiger partial charge in [0.15, 0.2) is 0 Å². The highest BCUT2D eigenvalue weighted by Gasteiger charge is 2.22. The highest BCUT2D eigenvalue weighted by molar-refractivity contribution is 6.32. The van der Waals surface area contributed by atoms with Gasteiger partial charge in [0.1, 0.15) is 5.75 Å². The fraction of sp³-hybridized carbons (Fsp3) is 0.647. The maximum Gasteiger partial charge on any atom is 0.138 e. The van der Waals surface area contributed by atoms with E-state index in [1.165, 1.54) is 31.2 Å². The van der Waals surface area contributed by atoms with Gasteiger partial charge in [0.2, 0.25) is 0 Å². The van der Waals surface area contributed by atoms with E-state index < -0.39 is 0 Å². The Morgan fingerprint density at radius 2 is 2.15 bits per heavy atom. The summed E-state index contributed by atoms with van der Waals surface area (Å²) in [6.45, 7) is 6.20. The van der Waals surface area contributed by atoms with Gasteiger partial charge in [0.05, 0.1) is 11.1 Å². The van der Waals surface area contributed by atoms with E-state index in [1.54, 1.807) is 0 Å². The van der Waals surface area contributed by atoms with Crippen molar-refractivity contribution in [2.75, 3.05) is 6.54 Å². The molecule has 0 amide bonds. The Hall–Kier alpha value is -0.730. The molecule has 20 heavy (non-hydrogen) atoms. The molecule has 1 N–H and O–H groups in total. The third kappa shape index (κ3) is 4.39. The molecule has 0 saturated heterocycles. The molecule has 112 valence electrons. The van der Waals surface area contributed by atoms with Gasteiger partial charge in [-0.15, -0.1) is 0 Å². The van der Waals surface area contributed by atoms with E-state index in [1.807, 2.05) is 12.1 Å². The smallest absolute Gasteiger partial charge is 0.138 e. The molecule has 0 bridgehead atoms.